The molecule has 0 aromatic heterocycles. The fraction of sp³-hybridized carbons (Fsp3) is 0.562. The van der Waals surface area contributed by atoms with Gasteiger partial charge in [-0.15, -0.1) is 0 Å². The second-order valence-corrected chi connectivity index (χ2v) is 5.36. The third-order valence-corrected chi connectivity index (χ3v) is 3.75. The molecule has 20 heavy (non-hydrogen) atoms. The van der Waals surface area contributed by atoms with Gasteiger partial charge in [0, 0.05) is 25.4 Å². The minimum atomic E-state index is -0.756. The minimum absolute atomic E-state index is 0.154. The summed E-state index contributed by atoms with van der Waals surface area (Å²) in [5.74, 6) is -0.756. The molecule has 0 bridgehead atoms. The van der Waals surface area contributed by atoms with Crippen LogP contribution in [0.15, 0.2) is 24.3 Å². The van der Waals surface area contributed by atoms with Crippen molar-refractivity contribution in [3.63, 3.8) is 0 Å². The number of hydrogen-bond acceptors (Lipinski definition) is 3. The number of hydrogen-bond donors (Lipinski definition) is 1. The van der Waals surface area contributed by atoms with Gasteiger partial charge in [-0.3, -0.25) is 4.79 Å². The first-order chi connectivity index (χ1) is 9.66. The van der Waals surface area contributed by atoms with E-state index in [4.69, 9.17) is 9.84 Å². The lowest BCUT2D eigenvalue weighted by atomic mass is 10.1. The zero-order valence-electron chi connectivity index (χ0n) is 12.0. The molecule has 1 atom stereocenters. The van der Waals surface area contributed by atoms with Crippen LogP contribution in [-0.4, -0.2) is 36.9 Å². The van der Waals surface area contributed by atoms with Crippen LogP contribution in [-0.2, 0) is 9.53 Å². The Morgan fingerprint density at radius 3 is 2.85 bits per heavy atom. The van der Waals surface area contributed by atoms with Crippen molar-refractivity contribution >= 4 is 11.7 Å². The highest BCUT2D eigenvalue weighted by molar-refractivity contribution is 5.68. The Balaban J connectivity index is 2.07. The Bertz CT molecular complexity index is 441. The van der Waals surface area contributed by atoms with E-state index in [1.165, 1.54) is 12.0 Å². The number of anilines is 1. The van der Waals surface area contributed by atoms with Crippen molar-refractivity contribution in [1.29, 1.82) is 0 Å². The fourth-order valence-corrected chi connectivity index (χ4v) is 2.66. The standard InChI is InChI=1S/C16H23NO3/c1-13-6-2-3-8-15(13)17(10-9-16(18)19)12-14-7-4-5-11-20-14/h2-3,6,8,14H,4-5,7,9-12H2,1H3,(H,18,19). The molecule has 1 saturated heterocycles. The molecule has 0 aliphatic carbocycles. The van der Waals surface area contributed by atoms with Crippen LogP contribution < -0.4 is 4.90 Å². The second-order valence-electron chi connectivity index (χ2n) is 5.36. The lowest BCUT2D eigenvalue weighted by molar-refractivity contribution is -0.136. The lowest BCUT2D eigenvalue weighted by Crippen LogP contribution is -2.37. The van der Waals surface area contributed by atoms with Gasteiger partial charge in [0.25, 0.3) is 0 Å². The highest BCUT2D eigenvalue weighted by Crippen LogP contribution is 2.22. The maximum Gasteiger partial charge on any atom is 0.305 e. The summed E-state index contributed by atoms with van der Waals surface area (Å²) in [6.07, 6.45) is 3.77. The molecule has 1 aromatic rings. The van der Waals surface area contributed by atoms with Crippen LogP contribution >= 0.6 is 0 Å². The number of aryl methyl sites for hydroxylation is 1. The Morgan fingerprint density at radius 2 is 2.20 bits per heavy atom. The number of benzene rings is 1. The molecule has 0 amide bonds. The Labute approximate surface area is 120 Å². The van der Waals surface area contributed by atoms with E-state index in [0.29, 0.717) is 6.54 Å². The van der Waals surface area contributed by atoms with Crippen molar-refractivity contribution in [2.45, 2.75) is 38.7 Å². The third-order valence-electron chi connectivity index (χ3n) is 3.75. The molecule has 1 aromatic carbocycles. The van der Waals surface area contributed by atoms with Gasteiger partial charge in [-0.2, -0.15) is 0 Å². The quantitative estimate of drug-likeness (QED) is 0.868. The Kier molecular flexibility index (Phi) is 5.41. The topological polar surface area (TPSA) is 49.8 Å². The van der Waals surface area contributed by atoms with Crippen LogP contribution in [0.5, 0.6) is 0 Å². The monoisotopic (exact) mass is 277 g/mol. The minimum Gasteiger partial charge on any atom is -0.481 e. The first kappa shape index (κ1) is 14.9. The van der Waals surface area contributed by atoms with Gasteiger partial charge in [-0.05, 0) is 37.8 Å². The van der Waals surface area contributed by atoms with E-state index in [-0.39, 0.29) is 12.5 Å². The van der Waals surface area contributed by atoms with E-state index in [1.54, 1.807) is 0 Å². The van der Waals surface area contributed by atoms with Crippen molar-refractivity contribution in [3.8, 4) is 0 Å². The van der Waals surface area contributed by atoms with Crippen molar-refractivity contribution in [3.05, 3.63) is 29.8 Å². The summed E-state index contributed by atoms with van der Waals surface area (Å²) in [6, 6.07) is 8.12. The largest absolute Gasteiger partial charge is 0.481 e. The molecule has 1 aliphatic heterocycles. The van der Waals surface area contributed by atoms with E-state index in [2.05, 4.69) is 24.0 Å². The average molecular weight is 277 g/mol. The predicted octanol–water partition coefficient (Wildman–Crippen LogP) is 2.85. The van der Waals surface area contributed by atoms with Crippen LogP contribution in [0.25, 0.3) is 0 Å². The molecule has 1 unspecified atom stereocenters. The Morgan fingerprint density at radius 1 is 1.40 bits per heavy atom. The van der Waals surface area contributed by atoms with Crippen molar-refractivity contribution in [2.24, 2.45) is 0 Å². The summed E-state index contributed by atoms with van der Waals surface area (Å²) in [5.41, 5.74) is 2.29. The molecule has 0 saturated carbocycles. The number of aliphatic carboxylic acids is 1. The fourth-order valence-electron chi connectivity index (χ4n) is 2.66. The van der Waals surface area contributed by atoms with Gasteiger partial charge in [0.15, 0.2) is 0 Å². The van der Waals surface area contributed by atoms with E-state index in [0.717, 1.165) is 31.7 Å². The zero-order chi connectivity index (χ0) is 14.4. The maximum absolute atomic E-state index is 10.9. The second kappa shape index (κ2) is 7.29. The lowest BCUT2D eigenvalue weighted by Gasteiger charge is -2.32. The number of para-hydroxylation sites is 1. The van der Waals surface area contributed by atoms with E-state index < -0.39 is 5.97 Å². The Hall–Kier alpha value is -1.55. The first-order valence-electron chi connectivity index (χ1n) is 7.31. The SMILES string of the molecule is Cc1ccccc1N(CCC(=O)O)CC1CCCCO1. The summed E-state index contributed by atoms with van der Waals surface area (Å²) in [4.78, 5) is 13.0. The van der Waals surface area contributed by atoms with Crippen LogP contribution in [0.1, 0.15) is 31.2 Å². The molecule has 4 nitrogen and oxygen atoms in total. The first-order valence-corrected chi connectivity index (χ1v) is 7.31. The van der Waals surface area contributed by atoms with Gasteiger partial charge < -0.3 is 14.7 Å². The number of rotatable bonds is 6. The zero-order valence-corrected chi connectivity index (χ0v) is 12.0. The third kappa shape index (κ3) is 4.23. The molecular weight excluding hydrogens is 254 g/mol. The number of carboxylic acids is 1. The number of ether oxygens (including phenoxy) is 1. The van der Waals surface area contributed by atoms with Gasteiger partial charge in [0.2, 0.25) is 0 Å². The molecule has 1 fully saturated rings. The van der Waals surface area contributed by atoms with Gasteiger partial charge >= 0.3 is 5.97 Å². The van der Waals surface area contributed by atoms with Crippen molar-refractivity contribution < 1.29 is 14.6 Å². The molecule has 1 aliphatic rings. The normalized spacial score (nSPS) is 18.8. The van der Waals surface area contributed by atoms with Crippen LogP contribution in [0.3, 0.4) is 0 Å². The summed E-state index contributed by atoms with van der Waals surface area (Å²) in [6.45, 7) is 4.19. The number of nitrogens with zero attached hydrogens (tertiary/aromatic N) is 1. The predicted molar refractivity (Wildman–Crippen MR) is 79.2 cm³/mol. The molecule has 0 spiro atoms. The summed E-state index contributed by atoms with van der Waals surface area (Å²) in [5, 5.41) is 8.93. The average Bonchev–Trinajstić information content (AvgIpc) is 2.45. The van der Waals surface area contributed by atoms with Gasteiger partial charge in [-0.25, -0.2) is 0 Å². The molecule has 0 radical (unpaired) electrons. The molecule has 1 N–H and O–H groups in total. The maximum atomic E-state index is 10.9. The van der Waals surface area contributed by atoms with Crippen molar-refractivity contribution in [1.82, 2.24) is 0 Å². The van der Waals surface area contributed by atoms with Crippen molar-refractivity contribution in [2.75, 3.05) is 24.6 Å². The molecule has 2 rings (SSSR count). The number of carboxylic acid groups (broad SMARTS) is 1. The van der Waals surface area contributed by atoms with Crippen LogP contribution in [0.2, 0.25) is 0 Å². The molecule has 4 heteroatoms. The summed E-state index contributed by atoms with van der Waals surface area (Å²) < 4.78 is 5.79. The van der Waals surface area contributed by atoms with E-state index >= 15 is 0 Å². The van der Waals surface area contributed by atoms with Gasteiger partial charge in [-0.1, -0.05) is 18.2 Å². The molecule has 110 valence electrons. The van der Waals surface area contributed by atoms with Gasteiger partial charge in [0.1, 0.15) is 0 Å². The summed E-state index contributed by atoms with van der Waals surface area (Å²) in [7, 11) is 0. The van der Waals surface area contributed by atoms with E-state index in [1.807, 2.05) is 12.1 Å². The van der Waals surface area contributed by atoms with E-state index in [9.17, 15) is 4.79 Å². The summed E-state index contributed by atoms with van der Waals surface area (Å²) >= 11 is 0. The molecular formula is C16H23NO3. The van der Waals surface area contributed by atoms with Crippen LogP contribution in [0, 0.1) is 6.92 Å². The smallest absolute Gasteiger partial charge is 0.305 e. The van der Waals surface area contributed by atoms with Gasteiger partial charge in [0.05, 0.1) is 12.5 Å². The number of carbonyl (C=O) groups is 1. The molecule has 1 heterocycles. The highest BCUT2D eigenvalue weighted by Gasteiger charge is 2.19. The van der Waals surface area contributed by atoms with Crippen LogP contribution in [0.4, 0.5) is 5.69 Å². The highest BCUT2D eigenvalue weighted by atomic mass is 16.5.